The Morgan fingerprint density at radius 3 is 1.38 bits per heavy atom. The van der Waals surface area contributed by atoms with Crippen LogP contribution in [0.3, 0.4) is 0 Å². The highest BCUT2D eigenvalue weighted by atomic mass is 31.1. The predicted molar refractivity (Wildman–Crippen MR) is 27.2 cm³/mol. The summed E-state index contributed by atoms with van der Waals surface area (Å²) in [4.78, 5) is 23.3. The quantitative estimate of drug-likeness (QED) is 0.303. The van der Waals surface area contributed by atoms with E-state index in [2.05, 4.69) is 11.5 Å². The van der Waals surface area contributed by atoms with E-state index in [-0.39, 0.29) is 0 Å². The van der Waals surface area contributed by atoms with Gasteiger partial charge in [0.1, 0.15) is 0 Å². The summed E-state index contributed by atoms with van der Waals surface area (Å²) in [5.41, 5.74) is 8.50. The highest BCUT2D eigenvalue weighted by Crippen LogP contribution is 1.98. The van der Waals surface area contributed by atoms with E-state index in [1.54, 1.807) is 0 Å². The molecule has 50 valence electrons. The lowest BCUT2D eigenvalue weighted by atomic mass is 11.2. The molecule has 0 aliphatic carbocycles. The van der Waals surface area contributed by atoms with Crippen LogP contribution in [-0.2, 0) is 4.57 Å². The van der Waals surface area contributed by atoms with Crippen molar-refractivity contribution < 1.29 is 19.1 Å². The van der Waals surface area contributed by atoms with E-state index in [9.17, 15) is 0 Å². The molecule has 0 rings (SSSR count). The molecule has 0 aliphatic heterocycles. The summed E-state index contributed by atoms with van der Waals surface area (Å²) in [5.74, 6) is 0. The van der Waals surface area contributed by atoms with Crippen molar-refractivity contribution in [3.63, 3.8) is 0 Å². The van der Waals surface area contributed by atoms with Crippen LogP contribution in [0.25, 0.3) is 0 Å². The lowest BCUT2D eigenvalue weighted by Crippen LogP contribution is -2.18. The number of rotatable bonds is 0. The van der Waals surface area contributed by atoms with Gasteiger partial charge in [-0.2, -0.15) is 0 Å². The molecule has 2 amide bonds. The van der Waals surface area contributed by atoms with E-state index in [0.29, 0.717) is 0 Å². The molecule has 0 fully saturated rings. The number of primary amides is 2. The minimum atomic E-state index is -3.13. The summed E-state index contributed by atoms with van der Waals surface area (Å²) in [6.07, 6.45) is 0. The first-order valence-corrected chi connectivity index (χ1v) is 2.74. The topological polar surface area (TPSA) is 127 Å². The molecule has 7 heteroatoms. The summed E-state index contributed by atoms with van der Waals surface area (Å²) >= 11 is 0. The second-order valence-corrected chi connectivity index (χ2v) is 1.25. The first-order chi connectivity index (χ1) is 3.46. The second-order valence-electron chi connectivity index (χ2n) is 0.685. The maximum atomic E-state index is 9.00. The van der Waals surface area contributed by atoms with Gasteiger partial charge in [-0.1, -0.05) is 0 Å². The van der Waals surface area contributed by atoms with Crippen molar-refractivity contribution in [3.05, 3.63) is 0 Å². The van der Waals surface area contributed by atoms with Crippen LogP contribution in [0.1, 0.15) is 0 Å². The zero-order valence-corrected chi connectivity index (χ0v) is 4.87. The summed E-state index contributed by atoms with van der Waals surface area (Å²) in [5, 5.41) is 0. The third kappa shape index (κ3) is 315. The van der Waals surface area contributed by atoms with Crippen molar-refractivity contribution in [1.82, 2.24) is 0 Å². The zero-order chi connectivity index (χ0) is 7.15. The van der Waals surface area contributed by atoms with Gasteiger partial charge in [-0.05, 0) is 0 Å². The van der Waals surface area contributed by atoms with Crippen LogP contribution in [-0.4, -0.2) is 15.8 Å². The maximum absolute atomic E-state index is 9.00. The fourth-order valence-electron chi connectivity index (χ4n) is 0. The number of carbonyl (C=O) groups is 1. The standard InChI is InChI=1S/CH4N2O.H3O3P/c2-1(3)4;1-4(2)3/h(H4,2,3,4);4H,(H2,1,2,3). The average molecular weight is 142 g/mol. The van der Waals surface area contributed by atoms with Gasteiger partial charge in [0.2, 0.25) is 0 Å². The van der Waals surface area contributed by atoms with Crippen LogP contribution >= 0.6 is 8.25 Å². The van der Waals surface area contributed by atoms with Crippen LogP contribution in [0, 0.1) is 0 Å². The van der Waals surface area contributed by atoms with Crippen LogP contribution in [0.15, 0.2) is 0 Å². The lowest BCUT2D eigenvalue weighted by molar-refractivity contribution is 0.256. The van der Waals surface area contributed by atoms with Crippen LogP contribution in [0.4, 0.5) is 4.79 Å². The zero-order valence-electron chi connectivity index (χ0n) is 3.87. The van der Waals surface area contributed by atoms with E-state index in [0.717, 1.165) is 0 Å². The molecule has 0 aromatic rings. The first kappa shape index (κ1) is 10.4. The van der Waals surface area contributed by atoms with Gasteiger partial charge in [-0.3, -0.25) is 4.57 Å². The fourth-order valence-corrected chi connectivity index (χ4v) is 0. The minimum absolute atomic E-state index is 0.833. The van der Waals surface area contributed by atoms with E-state index >= 15 is 0 Å². The van der Waals surface area contributed by atoms with Crippen molar-refractivity contribution in [2.45, 2.75) is 0 Å². The molecular weight excluding hydrogens is 135 g/mol. The van der Waals surface area contributed by atoms with Crippen LogP contribution < -0.4 is 11.5 Å². The molecule has 0 saturated carbocycles. The summed E-state index contributed by atoms with van der Waals surface area (Å²) in [6.45, 7) is 0. The van der Waals surface area contributed by atoms with Crippen LogP contribution in [0.5, 0.6) is 0 Å². The van der Waals surface area contributed by atoms with Gasteiger partial charge in [-0.25, -0.2) is 4.79 Å². The van der Waals surface area contributed by atoms with Gasteiger partial charge in [0.25, 0.3) is 0 Å². The minimum Gasteiger partial charge on any atom is -0.352 e. The molecule has 0 radical (unpaired) electrons. The summed E-state index contributed by atoms with van der Waals surface area (Å²) in [6, 6.07) is -0.833. The van der Waals surface area contributed by atoms with Crippen molar-refractivity contribution in [3.8, 4) is 0 Å². The number of hydrogen-bond acceptors (Lipinski definition) is 2. The Morgan fingerprint density at radius 2 is 1.38 bits per heavy atom. The maximum Gasteiger partial charge on any atom is 0.314 e. The van der Waals surface area contributed by atoms with E-state index in [4.69, 9.17) is 19.1 Å². The monoisotopic (exact) mass is 142 g/mol. The van der Waals surface area contributed by atoms with E-state index in [1.165, 1.54) is 0 Å². The largest absolute Gasteiger partial charge is 0.352 e. The van der Waals surface area contributed by atoms with Crippen LogP contribution in [0.2, 0.25) is 0 Å². The molecule has 0 spiro atoms. The Bertz CT molecular complexity index is 72.0. The highest BCUT2D eigenvalue weighted by molar-refractivity contribution is 7.30. The number of amides is 2. The van der Waals surface area contributed by atoms with Crippen molar-refractivity contribution in [2.75, 3.05) is 0 Å². The van der Waals surface area contributed by atoms with Gasteiger partial charge in [0.15, 0.2) is 0 Å². The smallest absolute Gasteiger partial charge is 0.314 e. The molecule has 6 N–H and O–H groups in total. The van der Waals surface area contributed by atoms with E-state index < -0.39 is 14.3 Å². The Morgan fingerprint density at radius 1 is 1.38 bits per heavy atom. The molecular formula is CH7N2O4P. The third-order valence-corrected chi connectivity index (χ3v) is 0. The van der Waals surface area contributed by atoms with Gasteiger partial charge in [0.05, 0.1) is 0 Å². The van der Waals surface area contributed by atoms with Crippen molar-refractivity contribution >= 4 is 14.3 Å². The van der Waals surface area contributed by atoms with Gasteiger partial charge >= 0.3 is 14.3 Å². The molecule has 0 aliphatic rings. The van der Waals surface area contributed by atoms with E-state index in [1.807, 2.05) is 0 Å². The molecule has 0 bridgehead atoms. The Kier molecular flexibility index (Phi) is 8.35. The summed E-state index contributed by atoms with van der Waals surface area (Å²) in [7, 11) is -3.13. The Labute approximate surface area is 46.1 Å². The fraction of sp³-hybridized carbons (Fsp3) is 0. The molecule has 0 aromatic carbocycles. The number of nitrogens with two attached hydrogens (primary N) is 2. The van der Waals surface area contributed by atoms with Gasteiger partial charge < -0.3 is 21.3 Å². The Balaban J connectivity index is 0. The van der Waals surface area contributed by atoms with Crippen molar-refractivity contribution in [1.29, 1.82) is 0 Å². The molecule has 0 atom stereocenters. The molecule has 0 saturated heterocycles. The lowest BCUT2D eigenvalue weighted by Gasteiger charge is -1.62. The number of urea groups is 1. The molecule has 6 nitrogen and oxygen atoms in total. The molecule has 0 heterocycles. The molecule has 0 unspecified atom stereocenters. The number of hydrogen-bond donors (Lipinski definition) is 4. The molecule has 8 heavy (non-hydrogen) atoms. The number of carbonyl (C=O) groups excluding carboxylic acids is 1. The first-order valence-electron chi connectivity index (χ1n) is 1.43. The highest BCUT2D eigenvalue weighted by Gasteiger charge is 1.61. The predicted octanol–water partition coefficient (Wildman–Crippen LogP) is -1.62. The van der Waals surface area contributed by atoms with Crippen molar-refractivity contribution in [2.24, 2.45) is 11.5 Å². The second kappa shape index (κ2) is 6.42. The van der Waals surface area contributed by atoms with Gasteiger partial charge in [-0.15, -0.1) is 0 Å². The van der Waals surface area contributed by atoms with Gasteiger partial charge in [0, 0.05) is 0 Å². The Hall–Kier alpha value is -0.580. The summed E-state index contributed by atoms with van der Waals surface area (Å²) < 4.78 is 8.74. The molecule has 0 aromatic heterocycles. The normalized spacial score (nSPS) is 7.38. The SMILES string of the molecule is NC(N)=O.O=[PH](O)O. The third-order valence-electron chi connectivity index (χ3n) is 0. The average Bonchev–Trinajstić information content (AvgIpc) is 1.25.